The Morgan fingerprint density at radius 3 is 2.30 bits per heavy atom. The summed E-state index contributed by atoms with van der Waals surface area (Å²) in [5.74, 6) is 1.34. The Bertz CT molecular complexity index is 622. The Morgan fingerprint density at radius 2 is 1.67 bits per heavy atom. The molecule has 0 aromatic carbocycles. The lowest BCUT2D eigenvalue weighted by Gasteiger charge is -2.24. The van der Waals surface area contributed by atoms with Crippen molar-refractivity contribution in [2.75, 3.05) is 19.8 Å². The van der Waals surface area contributed by atoms with E-state index in [4.69, 9.17) is 9.47 Å². The second kappa shape index (κ2) is 9.84. The van der Waals surface area contributed by atoms with E-state index in [0.717, 1.165) is 31.5 Å². The van der Waals surface area contributed by atoms with Crippen LogP contribution in [0, 0.1) is 10.8 Å². The molecule has 0 aliphatic carbocycles. The van der Waals surface area contributed by atoms with Gasteiger partial charge in [-0.3, -0.25) is 0 Å². The number of aromatic amines is 2. The van der Waals surface area contributed by atoms with Gasteiger partial charge in [0.25, 0.3) is 0 Å². The third-order valence-electron chi connectivity index (χ3n) is 4.15. The summed E-state index contributed by atoms with van der Waals surface area (Å²) >= 11 is 0. The maximum Gasteiger partial charge on any atom is 0.203 e. The topological polar surface area (TPSA) is 127 Å². The third-order valence-corrected chi connectivity index (χ3v) is 4.15. The largest absolute Gasteiger partial charge is 0.381 e. The van der Waals surface area contributed by atoms with Gasteiger partial charge in [-0.15, -0.1) is 20.4 Å². The first-order valence-electron chi connectivity index (χ1n) is 9.40. The second-order valence-corrected chi connectivity index (χ2v) is 8.78. The van der Waals surface area contributed by atoms with Crippen molar-refractivity contribution in [3.8, 4) is 0 Å². The summed E-state index contributed by atoms with van der Waals surface area (Å²) in [5, 5.41) is 28.4. The summed E-state index contributed by atoms with van der Waals surface area (Å²) in [6.07, 6.45) is 3.20. The van der Waals surface area contributed by atoms with E-state index < -0.39 is 0 Å². The molecule has 0 fully saturated rings. The number of aromatic nitrogens is 8. The minimum Gasteiger partial charge on any atom is -0.381 e. The highest BCUT2D eigenvalue weighted by Crippen LogP contribution is 2.30. The molecule has 0 saturated heterocycles. The molecule has 2 aromatic heterocycles. The summed E-state index contributed by atoms with van der Waals surface area (Å²) in [6.45, 7) is 12.8. The highest BCUT2D eigenvalue weighted by molar-refractivity contribution is 4.87. The predicted molar refractivity (Wildman–Crippen MR) is 98.7 cm³/mol. The molecular formula is C17H32N8O2. The Hall–Kier alpha value is -1.94. The van der Waals surface area contributed by atoms with Gasteiger partial charge < -0.3 is 9.47 Å². The number of hydrogen-bond donors (Lipinski definition) is 2. The first kappa shape index (κ1) is 21.4. The summed E-state index contributed by atoms with van der Waals surface area (Å²) in [4.78, 5) is 0. The molecule has 10 nitrogen and oxygen atoms in total. The second-order valence-electron chi connectivity index (χ2n) is 8.78. The normalized spacial score (nSPS) is 13.8. The fourth-order valence-electron chi connectivity index (χ4n) is 2.70. The van der Waals surface area contributed by atoms with Crippen LogP contribution < -0.4 is 0 Å². The van der Waals surface area contributed by atoms with E-state index in [0.29, 0.717) is 25.6 Å². The molecule has 0 saturated carbocycles. The van der Waals surface area contributed by atoms with E-state index in [9.17, 15) is 0 Å². The zero-order valence-corrected chi connectivity index (χ0v) is 17.0. The average molecular weight is 380 g/mol. The fourth-order valence-corrected chi connectivity index (χ4v) is 2.70. The number of H-pyrrole nitrogens is 2. The van der Waals surface area contributed by atoms with Crippen LogP contribution in [0.25, 0.3) is 0 Å². The highest BCUT2D eigenvalue weighted by Gasteiger charge is 2.24. The number of ether oxygens (including phenoxy) is 2. The smallest absolute Gasteiger partial charge is 0.203 e. The quantitative estimate of drug-likeness (QED) is 0.537. The Balaban J connectivity index is 1.61. The molecule has 152 valence electrons. The van der Waals surface area contributed by atoms with E-state index in [1.807, 2.05) is 0 Å². The van der Waals surface area contributed by atoms with Gasteiger partial charge in [0, 0.05) is 26.2 Å². The van der Waals surface area contributed by atoms with Gasteiger partial charge >= 0.3 is 0 Å². The van der Waals surface area contributed by atoms with Crippen molar-refractivity contribution in [3.63, 3.8) is 0 Å². The molecular weight excluding hydrogens is 348 g/mol. The molecule has 0 aliphatic heterocycles. The summed E-state index contributed by atoms with van der Waals surface area (Å²) in [5.41, 5.74) is 0.183. The zero-order chi connectivity index (χ0) is 19.8. The Morgan fingerprint density at radius 1 is 0.926 bits per heavy atom. The van der Waals surface area contributed by atoms with E-state index in [-0.39, 0.29) is 16.9 Å². The first-order valence-corrected chi connectivity index (χ1v) is 9.40. The molecule has 0 aliphatic rings. The lowest BCUT2D eigenvalue weighted by Crippen LogP contribution is -2.19. The standard InChI is InChI=1S/C17H32N8O2/c1-16(2,3)11-13(15-20-24-25-21-15)27-9-6-8-26-10-7-17(4,5)12-14-18-22-23-19-14/h13H,6-12H2,1-5H3,(H,18,19,22,23)(H,20,21,24,25). The van der Waals surface area contributed by atoms with Gasteiger partial charge in [0.1, 0.15) is 6.10 Å². The van der Waals surface area contributed by atoms with Gasteiger partial charge in [0.05, 0.1) is 0 Å². The monoisotopic (exact) mass is 380 g/mol. The van der Waals surface area contributed by atoms with Gasteiger partial charge in [0.15, 0.2) is 5.82 Å². The van der Waals surface area contributed by atoms with Crippen LogP contribution in [0.5, 0.6) is 0 Å². The number of nitrogens with zero attached hydrogens (tertiary/aromatic N) is 6. The lowest BCUT2D eigenvalue weighted by molar-refractivity contribution is 0.00410. The van der Waals surface area contributed by atoms with Crippen molar-refractivity contribution in [2.24, 2.45) is 10.8 Å². The summed E-state index contributed by atoms with van der Waals surface area (Å²) in [6, 6.07) is 0. The van der Waals surface area contributed by atoms with Crippen LogP contribution in [0.15, 0.2) is 0 Å². The van der Waals surface area contributed by atoms with Crippen molar-refractivity contribution in [1.82, 2.24) is 41.2 Å². The fraction of sp³-hybridized carbons (Fsp3) is 0.882. The van der Waals surface area contributed by atoms with Crippen molar-refractivity contribution < 1.29 is 9.47 Å². The molecule has 2 heterocycles. The molecule has 2 rings (SSSR count). The molecule has 0 spiro atoms. The van der Waals surface area contributed by atoms with E-state index >= 15 is 0 Å². The Labute approximate surface area is 160 Å². The Kier molecular flexibility index (Phi) is 7.78. The molecule has 27 heavy (non-hydrogen) atoms. The van der Waals surface area contributed by atoms with E-state index in [1.54, 1.807) is 0 Å². The van der Waals surface area contributed by atoms with E-state index in [2.05, 4.69) is 75.9 Å². The lowest BCUT2D eigenvalue weighted by atomic mass is 9.86. The van der Waals surface area contributed by atoms with Gasteiger partial charge in [-0.2, -0.15) is 10.4 Å². The number of hydrogen-bond acceptors (Lipinski definition) is 8. The minimum atomic E-state index is -0.155. The molecule has 1 unspecified atom stereocenters. The molecule has 0 bridgehead atoms. The number of tetrazole rings is 2. The minimum absolute atomic E-state index is 0.0663. The molecule has 2 aromatic rings. The van der Waals surface area contributed by atoms with Crippen LogP contribution in [-0.4, -0.2) is 61.1 Å². The van der Waals surface area contributed by atoms with Crippen LogP contribution in [0.3, 0.4) is 0 Å². The van der Waals surface area contributed by atoms with Crippen molar-refractivity contribution >= 4 is 0 Å². The summed E-state index contributed by atoms with van der Waals surface area (Å²) in [7, 11) is 0. The van der Waals surface area contributed by atoms with Crippen LogP contribution in [0.1, 0.15) is 71.6 Å². The van der Waals surface area contributed by atoms with Crippen LogP contribution in [-0.2, 0) is 15.9 Å². The maximum absolute atomic E-state index is 5.99. The molecule has 1 atom stereocenters. The maximum atomic E-state index is 5.99. The van der Waals surface area contributed by atoms with Crippen LogP contribution in [0.2, 0.25) is 0 Å². The van der Waals surface area contributed by atoms with Crippen LogP contribution >= 0.6 is 0 Å². The molecule has 0 amide bonds. The number of nitrogens with one attached hydrogen (secondary N) is 2. The predicted octanol–water partition coefficient (Wildman–Crippen LogP) is 2.27. The third kappa shape index (κ3) is 8.53. The first-order chi connectivity index (χ1) is 12.8. The van der Waals surface area contributed by atoms with Gasteiger partial charge in [-0.25, -0.2) is 0 Å². The number of rotatable bonds is 12. The zero-order valence-electron chi connectivity index (χ0n) is 17.0. The van der Waals surface area contributed by atoms with Crippen molar-refractivity contribution in [3.05, 3.63) is 11.6 Å². The van der Waals surface area contributed by atoms with Crippen LogP contribution in [0.4, 0.5) is 0 Å². The highest BCUT2D eigenvalue weighted by atomic mass is 16.5. The average Bonchev–Trinajstić information content (AvgIpc) is 3.24. The van der Waals surface area contributed by atoms with Crippen molar-refractivity contribution in [1.29, 1.82) is 0 Å². The SMILES string of the molecule is CC(C)(C)CC(OCCCOCCC(C)(C)Cc1nn[nH]n1)c1nn[nH]n1. The van der Waals surface area contributed by atoms with Gasteiger partial charge in [-0.05, 0) is 30.1 Å². The molecule has 10 heteroatoms. The summed E-state index contributed by atoms with van der Waals surface area (Å²) < 4.78 is 11.8. The molecule has 0 radical (unpaired) electrons. The van der Waals surface area contributed by atoms with Gasteiger partial charge in [0.2, 0.25) is 5.82 Å². The van der Waals surface area contributed by atoms with Gasteiger partial charge in [-0.1, -0.05) is 45.0 Å². The molecule has 2 N–H and O–H groups in total. The van der Waals surface area contributed by atoms with E-state index in [1.165, 1.54) is 0 Å². The van der Waals surface area contributed by atoms with Crippen molar-refractivity contribution in [2.45, 2.75) is 66.4 Å².